The maximum Gasteiger partial charge on any atom is 0.254 e. The highest BCUT2D eigenvalue weighted by Gasteiger charge is 2.35. The smallest absolute Gasteiger partial charge is 0.254 e. The number of aromatic nitrogens is 2. The van der Waals surface area contributed by atoms with Crippen molar-refractivity contribution in [3.05, 3.63) is 69.5 Å². The molecule has 1 atom stereocenters. The fourth-order valence-electron chi connectivity index (χ4n) is 3.48. The lowest BCUT2D eigenvalue weighted by atomic mass is 9.94. The van der Waals surface area contributed by atoms with E-state index < -0.39 is 0 Å². The average Bonchev–Trinajstić information content (AvgIpc) is 3.01. The Morgan fingerprint density at radius 2 is 2.15 bits per heavy atom. The molecule has 2 aliphatic rings. The molecule has 2 aromatic rings. The Bertz CT molecular complexity index is 931. The van der Waals surface area contributed by atoms with Gasteiger partial charge in [-0.25, -0.2) is 4.68 Å². The van der Waals surface area contributed by atoms with Gasteiger partial charge < -0.3 is 10.2 Å². The van der Waals surface area contributed by atoms with Crippen molar-refractivity contribution in [1.29, 1.82) is 0 Å². The molecule has 0 radical (unpaired) electrons. The van der Waals surface area contributed by atoms with E-state index in [0.29, 0.717) is 34.5 Å². The van der Waals surface area contributed by atoms with Gasteiger partial charge in [0.1, 0.15) is 16.9 Å². The van der Waals surface area contributed by atoms with Crippen molar-refractivity contribution in [3.63, 3.8) is 0 Å². The van der Waals surface area contributed by atoms with E-state index in [4.69, 9.17) is 23.2 Å². The summed E-state index contributed by atoms with van der Waals surface area (Å²) >= 11 is 12.5. The number of benzene rings is 1. The van der Waals surface area contributed by atoms with E-state index in [9.17, 15) is 4.79 Å². The van der Waals surface area contributed by atoms with Gasteiger partial charge in [0.05, 0.1) is 11.8 Å². The first kappa shape index (κ1) is 17.2. The van der Waals surface area contributed by atoms with Gasteiger partial charge in [-0.2, -0.15) is 5.10 Å². The Kier molecular flexibility index (Phi) is 4.51. The topological polar surface area (TPSA) is 50.2 Å². The van der Waals surface area contributed by atoms with E-state index in [0.717, 1.165) is 17.7 Å². The first-order valence-electron chi connectivity index (χ1n) is 8.47. The molecule has 0 aliphatic carbocycles. The zero-order chi connectivity index (χ0) is 18.3. The van der Waals surface area contributed by atoms with Crippen molar-refractivity contribution in [2.45, 2.75) is 19.4 Å². The van der Waals surface area contributed by atoms with Crippen LogP contribution >= 0.6 is 23.2 Å². The van der Waals surface area contributed by atoms with Crippen molar-refractivity contribution < 1.29 is 4.79 Å². The fourth-order valence-corrected chi connectivity index (χ4v) is 3.86. The minimum atomic E-state index is -0.379. The predicted octanol–water partition coefficient (Wildman–Crippen LogP) is 4.27. The number of hydrogen-bond donors (Lipinski definition) is 1. The largest absolute Gasteiger partial charge is 0.342 e. The molecule has 2 aliphatic heterocycles. The third kappa shape index (κ3) is 2.91. The summed E-state index contributed by atoms with van der Waals surface area (Å²) in [7, 11) is 0. The predicted molar refractivity (Wildman–Crippen MR) is 103 cm³/mol. The van der Waals surface area contributed by atoms with Gasteiger partial charge in [-0.05, 0) is 31.0 Å². The van der Waals surface area contributed by atoms with Crippen LogP contribution in [0.5, 0.6) is 0 Å². The molecule has 26 heavy (non-hydrogen) atoms. The molecule has 1 N–H and O–H groups in total. The number of hydrogen-bond acceptors (Lipinski definition) is 3. The van der Waals surface area contributed by atoms with Crippen LogP contribution in [-0.2, 0) is 4.79 Å². The van der Waals surface area contributed by atoms with Crippen LogP contribution in [0.2, 0.25) is 10.0 Å². The molecular formula is C19H18Cl2N4O. The van der Waals surface area contributed by atoms with Crippen molar-refractivity contribution in [1.82, 2.24) is 14.7 Å². The Labute approximate surface area is 161 Å². The van der Waals surface area contributed by atoms with Crippen LogP contribution in [0.4, 0.5) is 5.82 Å². The van der Waals surface area contributed by atoms with Gasteiger partial charge >= 0.3 is 0 Å². The third-order valence-corrected chi connectivity index (χ3v) is 5.23. The normalized spacial score (nSPS) is 19.3. The van der Waals surface area contributed by atoms with E-state index in [-0.39, 0.29) is 11.9 Å². The van der Waals surface area contributed by atoms with Crippen molar-refractivity contribution in [2.75, 3.05) is 18.4 Å². The summed E-state index contributed by atoms with van der Waals surface area (Å²) in [4.78, 5) is 15.2. The molecule has 5 nitrogen and oxygen atoms in total. The zero-order valence-corrected chi connectivity index (χ0v) is 15.8. The number of halogens is 2. The number of carbonyl (C=O) groups is 1. The summed E-state index contributed by atoms with van der Waals surface area (Å²) < 4.78 is 1.76. The summed E-state index contributed by atoms with van der Waals surface area (Å²) in [6.07, 6.45) is 6.58. The molecule has 7 heteroatoms. The molecule has 0 saturated heterocycles. The Balaban J connectivity index is 1.84. The van der Waals surface area contributed by atoms with Gasteiger partial charge in [-0.1, -0.05) is 47.5 Å². The maximum atomic E-state index is 13.3. The second-order valence-electron chi connectivity index (χ2n) is 6.42. The minimum absolute atomic E-state index is 0.00148. The van der Waals surface area contributed by atoms with Crippen LogP contribution in [0.25, 0.3) is 0 Å². The Morgan fingerprint density at radius 1 is 1.31 bits per heavy atom. The van der Waals surface area contributed by atoms with E-state index in [2.05, 4.69) is 16.5 Å². The van der Waals surface area contributed by atoms with Crippen molar-refractivity contribution in [2.24, 2.45) is 0 Å². The first-order valence-corrected chi connectivity index (χ1v) is 9.22. The SMILES string of the molecule is CC1=C(C(=O)N2CC=CCC2)C(c2cccc(Cl)c2)n2ncc(Cl)c2N1. The molecule has 4 rings (SSSR count). The van der Waals surface area contributed by atoms with Crippen LogP contribution in [0.15, 0.2) is 53.9 Å². The number of anilines is 1. The molecule has 0 bridgehead atoms. The molecule has 1 aromatic carbocycles. The maximum absolute atomic E-state index is 13.3. The van der Waals surface area contributed by atoms with Gasteiger partial charge in [-0.3, -0.25) is 4.79 Å². The molecule has 1 unspecified atom stereocenters. The van der Waals surface area contributed by atoms with Gasteiger partial charge in [0.15, 0.2) is 0 Å². The highest BCUT2D eigenvalue weighted by molar-refractivity contribution is 6.33. The van der Waals surface area contributed by atoms with Gasteiger partial charge in [0.2, 0.25) is 0 Å². The number of fused-ring (bicyclic) bond motifs is 1. The molecule has 1 amide bonds. The fraction of sp³-hybridized carbons (Fsp3) is 0.263. The summed E-state index contributed by atoms with van der Waals surface area (Å²) in [5.41, 5.74) is 2.34. The van der Waals surface area contributed by atoms with Gasteiger partial charge in [0, 0.05) is 23.8 Å². The lowest BCUT2D eigenvalue weighted by Gasteiger charge is -2.33. The van der Waals surface area contributed by atoms with Crippen LogP contribution in [0.1, 0.15) is 24.9 Å². The Hall–Kier alpha value is -2.24. The van der Waals surface area contributed by atoms with Gasteiger partial charge in [0.25, 0.3) is 5.91 Å². The first-order chi connectivity index (χ1) is 12.6. The highest BCUT2D eigenvalue weighted by atomic mass is 35.5. The minimum Gasteiger partial charge on any atom is -0.342 e. The Morgan fingerprint density at radius 3 is 2.88 bits per heavy atom. The van der Waals surface area contributed by atoms with Crippen LogP contribution < -0.4 is 5.32 Å². The summed E-state index contributed by atoms with van der Waals surface area (Å²) in [6.45, 7) is 3.23. The molecule has 0 spiro atoms. The molecule has 0 fully saturated rings. The number of rotatable bonds is 2. The van der Waals surface area contributed by atoms with E-state index >= 15 is 0 Å². The molecule has 3 heterocycles. The quantitative estimate of drug-likeness (QED) is 0.781. The number of nitrogens with zero attached hydrogens (tertiary/aromatic N) is 3. The van der Waals surface area contributed by atoms with Crippen LogP contribution in [-0.4, -0.2) is 33.7 Å². The summed E-state index contributed by atoms with van der Waals surface area (Å²) in [5.74, 6) is 0.686. The third-order valence-electron chi connectivity index (χ3n) is 4.72. The van der Waals surface area contributed by atoms with Gasteiger partial charge in [-0.15, -0.1) is 0 Å². The van der Waals surface area contributed by atoms with Crippen LogP contribution in [0, 0.1) is 0 Å². The second kappa shape index (κ2) is 6.82. The zero-order valence-electron chi connectivity index (χ0n) is 14.2. The van der Waals surface area contributed by atoms with E-state index in [1.807, 2.05) is 42.2 Å². The molecule has 0 saturated carbocycles. The lowest BCUT2D eigenvalue weighted by Crippen LogP contribution is -2.39. The highest BCUT2D eigenvalue weighted by Crippen LogP contribution is 2.40. The summed E-state index contributed by atoms with van der Waals surface area (Å²) in [5, 5.41) is 8.79. The van der Waals surface area contributed by atoms with Crippen molar-refractivity contribution in [3.8, 4) is 0 Å². The van der Waals surface area contributed by atoms with Crippen LogP contribution in [0.3, 0.4) is 0 Å². The number of allylic oxidation sites excluding steroid dienone is 1. The average molecular weight is 389 g/mol. The van der Waals surface area contributed by atoms with Crippen molar-refractivity contribution >= 4 is 34.9 Å². The second-order valence-corrected chi connectivity index (χ2v) is 7.26. The monoisotopic (exact) mass is 388 g/mol. The lowest BCUT2D eigenvalue weighted by molar-refractivity contribution is -0.127. The summed E-state index contributed by atoms with van der Waals surface area (Å²) in [6, 6.07) is 7.14. The number of carbonyl (C=O) groups excluding carboxylic acids is 1. The van der Waals surface area contributed by atoms with E-state index in [1.54, 1.807) is 10.9 Å². The molecular weight excluding hydrogens is 371 g/mol. The number of amides is 1. The number of nitrogens with one attached hydrogen (secondary N) is 1. The molecule has 1 aromatic heterocycles. The van der Waals surface area contributed by atoms with E-state index in [1.165, 1.54) is 0 Å². The molecule has 134 valence electrons. The standard InChI is InChI=1S/C19H18Cl2N4O/c1-12-16(19(26)24-8-3-2-4-9-24)17(13-6-5-7-14(20)10-13)25-18(23-12)15(21)11-22-25/h2-3,5-7,10-11,17,23H,4,8-9H2,1H3.